The van der Waals surface area contributed by atoms with Crippen LogP contribution in [0.4, 0.5) is 16.2 Å². The standard InChI is InChI=1S/C19H25N3O4/c1-13-8-9-15(11-16(13)20-12-23)21-18(26)22(19(3,4)5)10-6-7-14(2)17(24)25/h7-9,11H,6,10H2,1-5H3,(H,21,26)(H,24,25). The molecule has 1 rings (SSSR count). The number of amides is 2. The molecule has 0 fully saturated rings. The lowest BCUT2D eigenvalue weighted by Crippen LogP contribution is -2.48. The highest BCUT2D eigenvalue weighted by molar-refractivity contribution is 5.90. The second-order valence-corrected chi connectivity index (χ2v) is 6.94. The number of carbonyl (C=O) groups is 2. The van der Waals surface area contributed by atoms with E-state index in [1.807, 2.05) is 20.8 Å². The molecule has 26 heavy (non-hydrogen) atoms. The zero-order valence-electron chi connectivity index (χ0n) is 15.8. The Balaban J connectivity index is 2.94. The second kappa shape index (κ2) is 8.97. The van der Waals surface area contributed by atoms with Gasteiger partial charge in [-0.3, -0.25) is 0 Å². The molecule has 7 nitrogen and oxygen atoms in total. The Morgan fingerprint density at radius 3 is 2.54 bits per heavy atom. The fourth-order valence-electron chi connectivity index (χ4n) is 2.29. The van der Waals surface area contributed by atoms with Crippen LogP contribution in [-0.2, 0) is 9.59 Å². The van der Waals surface area contributed by atoms with Crippen LogP contribution in [0.15, 0.2) is 34.8 Å². The van der Waals surface area contributed by atoms with E-state index in [2.05, 4.69) is 10.3 Å². The summed E-state index contributed by atoms with van der Waals surface area (Å²) in [5.41, 5.74) is 1.55. The molecule has 1 aromatic rings. The molecule has 0 aromatic heterocycles. The summed E-state index contributed by atoms with van der Waals surface area (Å²) in [6.45, 7) is 9.39. The zero-order chi connectivity index (χ0) is 19.9. The number of benzene rings is 1. The van der Waals surface area contributed by atoms with Crippen LogP contribution in [0.1, 0.15) is 39.7 Å². The van der Waals surface area contributed by atoms with E-state index < -0.39 is 11.5 Å². The number of hydrogen-bond donors (Lipinski definition) is 2. The Kier molecular flexibility index (Phi) is 7.28. The van der Waals surface area contributed by atoms with Gasteiger partial charge < -0.3 is 15.3 Å². The zero-order valence-corrected chi connectivity index (χ0v) is 15.8. The minimum Gasteiger partial charge on any atom is -0.478 e. The minimum atomic E-state index is -0.973. The molecule has 0 bridgehead atoms. The minimum absolute atomic E-state index is 0.245. The summed E-state index contributed by atoms with van der Waals surface area (Å²) in [6, 6.07) is 4.77. The third kappa shape index (κ3) is 6.18. The van der Waals surface area contributed by atoms with Crippen molar-refractivity contribution in [3.63, 3.8) is 0 Å². The van der Waals surface area contributed by atoms with E-state index in [1.165, 1.54) is 13.0 Å². The molecule has 0 aliphatic carbocycles. The van der Waals surface area contributed by atoms with Gasteiger partial charge in [0.15, 0.2) is 0 Å². The third-order valence-corrected chi connectivity index (χ3v) is 3.82. The van der Waals surface area contributed by atoms with Gasteiger partial charge in [-0.1, -0.05) is 12.1 Å². The largest absolute Gasteiger partial charge is 0.478 e. The van der Waals surface area contributed by atoms with Gasteiger partial charge in [0.05, 0.1) is 5.69 Å². The van der Waals surface area contributed by atoms with E-state index >= 15 is 0 Å². The van der Waals surface area contributed by atoms with Crippen molar-refractivity contribution < 1.29 is 19.5 Å². The van der Waals surface area contributed by atoms with Crippen molar-refractivity contribution >= 4 is 29.5 Å². The number of aryl methyl sites for hydroxylation is 1. The van der Waals surface area contributed by atoms with Crippen molar-refractivity contribution in [3.05, 3.63) is 35.4 Å². The summed E-state index contributed by atoms with van der Waals surface area (Å²) in [5, 5.41) is 11.7. The Morgan fingerprint density at radius 2 is 2.00 bits per heavy atom. The summed E-state index contributed by atoms with van der Waals surface area (Å²) in [5.74, 6) is -0.973. The van der Waals surface area contributed by atoms with Gasteiger partial charge in [0, 0.05) is 23.3 Å². The number of carbonyl (C=O) groups excluding carboxylic acids is 2. The number of aliphatic imine (C=N–C) groups is 1. The fourth-order valence-corrected chi connectivity index (χ4v) is 2.29. The quantitative estimate of drug-likeness (QED) is 0.455. The fraction of sp³-hybridized carbons (Fsp3) is 0.421. The first-order valence-electron chi connectivity index (χ1n) is 8.23. The maximum atomic E-state index is 12.7. The van der Waals surface area contributed by atoms with Crippen LogP contribution in [0.3, 0.4) is 0 Å². The van der Waals surface area contributed by atoms with Gasteiger partial charge in [-0.2, -0.15) is 4.99 Å². The summed E-state index contributed by atoms with van der Waals surface area (Å²) in [6.07, 6.45) is 3.52. The van der Waals surface area contributed by atoms with E-state index in [9.17, 15) is 14.4 Å². The number of carboxylic acids is 1. The molecule has 2 amide bonds. The third-order valence-electron chi connectivity index (χ3n) is 3.82. The van der Waals surface area contributed by atoms with Crippen LogP contribution >= 0.6 is 0 Å². The lowest BCUT2D eigenvalue weighted by Gasteiger charge is -2.35. The van der Waals surface area contributed by atoms with Crippen LogP contribution in [0.25, 0.3) is 0 Å². The average molecular weight is 359 g/mol. The molecule has 0 saturated carbocycles. The molecule has 1 aromatic carbocycles. The Labute approximate surface area is 153 Å². The van der Waals surface area contributed by atoms with Crippen molar-refractivity contribution in [1.29, 1.82) is 0 Å². The van der Waals surface area contributed by atoms with E-state index in [0.29, 0.717) is 24.3 Å². The topological polar surface area (TPSA) is 99.1 Å². The van der Waals surface area contributed by atoms with Crippen molar-refractivity contribution in [2.24, 2.45) is 4.99 Å². The lowest BCUT2D eigenvalue weighted by atomic mass is 10.1. The number of hydrogen-bond acceptors (Lipinski definition) is 4. The van der Waals surface area contributed by atoms with Crippen LogP contribution in [0, 0.1) is 6.92 Å². The first kappa shape index (κ1) is 21.1. The number of isocyanates is 1. The Morgan fingerprint density at radius 1 is 1.35 bits per heavy atom. The lowest BCUT2D eigenvalue weighted by molar-refractivity contribution is -0.132. The van der Waals surface area contributed by atoms with E-state index in [4.69, 9.17) is 5.11 Å². The average Bonchev–Trinajstić information content (AvgIpc) is 2.53. The predicted octanol–water partition coefficient (Wildman–Crippen LogP) is 4.02. The molecule has 2 N–H and O–H groups in total. The van der Waals surface area contributed by atoms with Crippen molar-refractivity contribution in [3.8, 4) is 0 Å². The highest BCUT2D eigenvalue weighted by atomic mass is 16.4. The second-order valence-electron chi connectivity index (χ2n) is 6.94. The molecule has 0 spiro atoms. The predicted molar refractivity (Wildman–Crippen MR) is 100 cm³/mol. The molecule has 0 unspecified atom stereocenters. The van der Waals surface area contributed by atoms with Crippen LogP contribution in [0.5, 0.6) is 0 Å². The SMILES string of the molecule is CC(=CCCN(C(=O)Nc1ccc(C)c(N=C=O)c1)C(C)(C)C)C(=O)O. The number of rotatable bonds is 6. The number of urea groups is 1. The van der Waals surface area contributed by atoms with Gasteiger partial charge in [0.25, 0.3) is 0 Å². The molecule has 0 heterocycles. The molecule has 0 aliphatic heterocycles. The van der Waals surface area contributed by atoms with Crippen molar-refractivity contribution in [2.75, 3.05) is 11.9 Å². The van der Waals surface area contributed by atoms with Crippen LogP contribution in [0.2, 0.25) is 0 Å². The molecular formula is C19H25N3O4. The first-order chi connectivity index (χ1) is 12.1. The number of nitrogens with one attached hydrogen (secondary N) is 1. The summed E-state index contributed by atoms with van der Waals surface area (Å²) < 4.78 is 0. The van der Waals surface area contributed by atoms with Crippen LogP contribution < -0.4 is 5.32 Å². The highest BCUT2D eigenvalue weighted by Crippen LogP contribution is 2.24. The van der Waals surface area contributed by atoms with Gasteiger partial charge >= 0.3 is 12.0 Å². The molecular weight excluding hydrogens is 334 g/mol. The van der Waals surface area contributed by atoms with Gasteiger partial charge in [-0.25, -0.2) is 14.4 Å². The summed E-state index contributed by atoms with van der Waals surface area (Å²) in [4.78, 5) is 39.3. The molecule has 7 heteroatoms. The van der Waals surface area contributed by atoms with E-state index in [1.54, 1.807) is 36.1 Å². The van der Waals surface area contributed by atoms with E-state index in [0.717, 1.165) is 5.56 Å². The van der Waals surface area contributed by atoms with Gasteiger partial charge in [0.2, 0.25) is 6.08 Å². The number of aliphatic carboxylic acids is 1. The number of nitrogens with zero attached hydrogens (tertiary/aromatic N) is 2. The van der Waals surface area contributed by atoms with Crippen molar-refractivity contribution in [1.82, 2.24) is 4.90 Å². The monoisotopic (exact) mass is 359 g/mol. The number of carboxylic acid groups (broad SMARTS) is 1. The van der Waals surface area contributed by atoms with E-state index in [-0.39, 0.29) is 11.6 Å². The highest BCUT2D eigenvalue weighted by Gasteiger charge is 2.26. The number of anilines is 1. The normalized spacial score (nSPS) is 11.5. The smallest absolute Gasteiger partial charge is 0.330 e. The summed E-state index contributed by atoms with van der Waals surface area (Å²) in [7, 11) is 0. The molecule has 0 atom stereocenters. The maximum absolute atomic E-state index is 12.7. The summed E-state index contributed by atoms with van der Waals surface area (Å²) >= 11 is 0. The molecule has 140 valence electrons. The van der Waals surface area contributed by atoms with Gasteiger partial charge in [0.1, 0.15) is 0 Å². The molecule has 0 aliphatic rings. The van der Waals surface area contributed by atoms with Gasteiger partial charge in [-0.05, 0) is 58.7 Å². The first-order valence-corrected chi connectivity index (χ1v) is 8.23. The van der Waals surface area contributed by atoms with Gasteiger partial charge in [-0.15, -0.1) is 0 Å². The Bertz CT molecular complexity index is 757. The van der Waals surface area contributed by atoms with Crippen LogP contribution in [-0.4, -0.2) is 40.2 Å². The molecule has 0 saturated heterocycles. The van der Waals surface area contributed by atoms with Crippen molar-refractivity contribution in [2.45, 2.75) is 46.6 Å². The molecule has 0 radical (unpaired) electrons. The maximum Gasteiger partial charge on any atom is 0.330 e. The Hall–Kier alpha value is -2.92.